The molecule has 2 heterocycles. The third-order valence-electron chi connectivity index (χ3n) is 5.73. The first-order valence-electron chi connectivity index (χ1n) is 11.0. The number of benzene rings is 2. The number of carbonyl (C=O) groups excluding carboxylic acids is 3. The number of likely N-dealkylation sites (N-methyl/N-ethyl adjacent to an activating group) is 1. The molecule has 1 aromatic heterocycles. The fraction of sp³-hybridized carbons (Fsp3) is 0.143. The minimum absolute atomic E-state index is 0.0728. The molecule has 0 fully saturated rings. The number of imide groups is 1. The molecule has 0 radical (unpaired) electrons. The number of nitrogens with zero attached hydrogens (tertiary/aromatic N) is 2. The van der Waals surface area contributed by atoms with E-state index in [1.54, 1.807) is 43.3 Å². The maximum atomic E-state index is 12.6. The molecule has 0 saturated carbocycles. The van der Waals surface area contributed by atoms with Crippen LogP contribution in [-0.4, -0.2) is 36.3 Å². The first-order valence-corrected chi connectivity index (χ1v) is 11.0. The molecular weight excluding hydrogens is 444 g/mol. The number of nitriles is 1. The Bertz CT molecular complexity index is 1390. The zero-order valence-corrected chi connectivity index (χ0v) is 19.3. The van der Waals surface area contributed by atoms with Gasteiger partial charge in [0, 0.05) is 24.6 Å². The lowest BCUT2D eigenvalue weighted by Crippen LogP contribution is -2.39. The molecule has 7 nitrogen and oxygen atoms in total. The minimum atomic E-state index is -0.619. The summed E-state index contributed by atoms with van der Waals surface area (Å²) >= 11 is 0. The van der Waals surface area contributed by atoms with Gasteiger partial charge in [-0.2, -0.15) is 5.26 Å². The molecule has 3 aromatic rings. The van der Waals surface area contributed by atoms with Crippen molar-refractivity contribution in [2.24, 2.45) is 0 Å². The molecule has 0 aliphatic carbocycles. The summed E-state index contributed by atoms with van der Waals surface area (Å²) in [6.45, 7) is 1.86. The largest absolute Gasteiger partial charge is 0.462 e. The molecule has 0 spiro atoms. The number of ether oxygens (including phenoxy) is 1. The predicted octanol–water partition coefficient (Wildman–Crippen LogP) is 4.57. The van der Waals surface area contributed by atoms with Gasteiger partial charge in [-0.05, 0) is 48.4 Å². The highest BCUT2D eigenvalue weighted by molar-refractivity contribution is 6.19. The van der Waals surface area contributed by atoms with Crippen LogP contribution in [0, 0.1) is 11.3 Å². The Morgan fingerprint density at radius 2 is 1.74 bits per heavy atom. The molecule has 7 heteroatoms. The Balaban J connectivity index is 1.46. The molecule has 35 heavy (non-hydrogen) atoms. The summed E-state index contributed by atoms with van der Waals surface area (Å²) in [4.78, 5) is 37.9. The predicted molar refractivity (Wildman–Crippen MR) is 129 cm³/mol. The van der Waals surface area contributed by atoms with Gasteiger partial charge in [-0.15, -0.1) is 0 Å². The van der Waals surface area contributed by atoms with Crippen molar-refractivity contribution >= 4 is 23.9 Å². The smallest absolute Gasteiger partial charge is 0.338 e. The molecule has 174 valence electrons. The van der Waals surface area contributed by atoms with Crippen LogP contribution in [0.5, 0.6) is 0 Å². The van der Waals surface area contributed by atoms with Gasteiger partial charge in [-0.3, -0.25) is 14.5 Å². The highest BCUT2D eigenvalue weighted by Gasteiger charge is 2.33. The monoisotopic (exact) mass is 466 g/mol. The lowest BCUT2D eigenvalue weighted by molar-refractivity contribution is -0.138. The van der Waals surface area contributed by atoms with Crippen molar-refractivity contribution in [1.29, 1.82) is 5.26 Å². The second-order valence-corrected chi connectivity index (χ2v) is 7.99. The summed E-state index contributed by atoms with van der Waals surface area (Å²) in [5.74, 6) is -0.587. The van der Waals surface area contributed by atoms with Crippen LogP contribution < -0.4 is 0 Å². The van der Waals surface area contributed by atoms with E-state index in [0.29, 0.717) is 35.7 Å². The summed E-state index contributed by atoms with van der Waals surface area (Å²) in [5.41, 5.74) is 2.73. The summed E-state index contributed by atoms with van der Waals surface area (Å²) in [7, 11) is 1.34. The van der Waals surface area contributed by atoms with Gasteiger partial charge in [0.15, 0.2) is 0 Å². The Kier molecular flexibility index (Phi) is 6.74. The molecule has 4 rings (SSSR count). The second kappa shape index (κ2) is 10.1. The molecule has 0 N–H and O–H groups in total. The molecule has 2 aromatic carbocycles. The number of rotatable bonds is 6. The van der Waals surface area contributed by atoms with Gasteiger partial charge in [0.1, 0.15) is 23.2 Å². The summed E-state index contributed by atoms with van der Waals surface area (Å²) in [6, 6.07) is 21.9. The summed E-state index contributed by atoms with van der Waals surface area (Å²) < 4.78 is 11.2. The Morgan fingerprint density at radius 3 is 2.43 bits per heavy atom. The van der Waals surface area contributed by atoms with Gasteiger partial charge >= 0.3 is 5.97 Å². The molecule has 1 aliphatic rings. The van der Waals surface area contributed by atoms with Crippen molar-refractivity contribution in [1.82, 2.24) is 4.90 Å². The van der Waals surface area contributed by atoms with Gasteiger partial charge in [-0.25, -0.2) is 4.79 Å². The van der Waals surface area contributed by atoms with Crippen LogP contribution in [-0.2, 0) is 20.7 Å². The molecule has 0 atom stereocenters. The van der Waals surface area contributed by atoms with E-state index in [9.17, 15) is 19.6 Å². The SMILES string of the molecule is CC1=C(C#N)C(=O)N(C)C(=O)/C1=C\c1ccc(-c2ccc(C(=O)OCCc3ccccc3)cc2)o1. The lowest BCUT2D eigenvalue weighted by Gasteiger charge is -2.23. The zero-order valence-electron chi connectivity index (χ0n) is 19.3. The van der Waals surface area contributed by atoms with Gasteiger partial charge in [0.2, 0.25) is 0 Å². The minimum Gasteiger partial charge on any atom is -0.462 e. The van der Waals surface area contributed by atoms with Crippen LogP contribution in [0.1, 0.15) is 28.6 Å². The topological polar surface area (TPSA) is 101 Å². The Labute approximate surface area is 202 Å². The van der Waals surface area contributed by atoms with E-state index in [1.807, 2.05) is 36.4 Å². The average molecular weight is 466 g/mol. The molecule has 0 unspecified atom stereocenters. The molecule has 0 saturated heterocycles. The van der Waals surface area contributed by atoms with E-state index in [0.717, 1.165) is 16.0 Å². The van der Waals surface area contributed by atoms with Gasteiger partial charge in [-0.1, -0.05) is 42.5 Å². The lowest BCUT2D eigenvalue weighted by atomic mass is 9.95. The van der Waals surface area contributed by atoms with Crippen molar-refractivity contribution in [3.8, 4) is 17.4 Å². The number of amides is 2. The van der Waals surface area contributed by atoms with Crippen LogP contribution in [0.4, 0.5) is 0 Å². The van der Waals surface area contributed by atoms with E-state index < -0.39 is 17.8 Å². The van der Waals surface area contributed by atoms with Gasteiger partial charge in [0.05, 0.1) is 12.2 Å². The Morgan fingerprint density at radius 1 is 1.03 bits per heavy atom. The van der Waals surface area contributed by atoms with Gasteiger partial charge < -0.3 is 9.15 Å². The second-order valence-electron chi connectivity index (χ2n) is 7.99. The fourth-order valence-electron chi connectivity index (χ4n) is 3.69. The van der Waals surface area contributed by atoms with Crippen LogP contribution in [0.15, 0.2) is 87.9 Å². The van der Waals surface area contributed by atoms with Crippen LogP contribution in [0.2, 0.25) is 0 Å². The average Bonchev–Trinajstić information content (AvgIpc) is 3.35. The van der Waals surface area contributed by atoms with Crippen LogP contribution in [0.25, 0.3) is 17.4 Å². The number of esters is 1. The van der Waals surface area contributed by atoms with E-state index in [4.69, 9.17) is 9.15 Å². The van der Waals surface area contributed by atoms with Crippen molar-refractivity contribution < 1.29 is 23.5 Å². The zero-order chi connectivity index (χ0) is 24.9. The van der Waals surface area contributed by atoms with Gasteiger partial charge in [0.25, 0.3) is 11.8 Å². The van der Waals surface area contributed by atoms with E-state index in [1.165, 1.54) is 13.1 Å². The highest BCUT2D eigenvalue weighted by atomic mass is 16.5. The standard InChI is InChI=1S/C28H22N2O5/c1-18-23(26(31)30(2)27(32)24(18)17-29)16-22-12-13-25(35-22)20-8-10-21(11-9-20)28(33)34-15-14-19-6-4-3-5-7-19/h3-13,16H,14-15H2,1-2H3/b23-16-. The van der Waals surface area contributed by atoms with E-state index in [2.05, 4.69) is 0 Å². The first-order chi connectivity index (χ1) is 16.9. The third kappa shape index (κ3) is 4.97. The number of carbonyl (C=O) groups is 3. The molecule has 2 amide bonds. The molecular formula is C28H22N2O5. The highest BCUT2D eigenvalue weighted by Crippen LogP contribution is 2.29. The fourth-order valence-corrected chi connectivity index (χ4v) is 3.69. The van der Waals surface area contributed by atoms with Crippen LogP contribution >= 0.6 is 0 Å². The first kappa shape index (κ1) is 23.5. The van der Waals surface area contributed by atoms with Crippen LogP contribution in [0.3, 0.4) is 0 Å². The summed E-state index contributed by atoms with van der Waals surface area (Å²) in [5, 5.41) is 9.28. The quantitative estimate of drug-likeness (QED) is 0.300. The van der Waals surface area contributed by atoms with Crippen molar-refractivity contribution in [3.63, 3.8) is 0 Å². The maximum Gasteiger partial charge on any atom is 0.338 e. The maximum absolute atomic E-state index is 12.6. The van der Waals surface area contributed by atoms with Crippen molar-refractivity contribution in [3.05, 3.63) is 100 Å². The normalized spacial score (nSPS) is 14.9. The number of furan rings is 1. The molecule has 0 bridgehead atoms. The Hall–Kier alpha value is -4.70. The number of hydrogen-bond acceptors (Lipinski definition) is 6. The molecule has 1 aliphatic heterocycles. The van der Waals surface area contributed by atoms with E-state index in [-0.39, 0.29) is 11.1 Å². The number of hydrogen-bond donors (Lipinski definition) is 0. The van der Waals surface area contributed by atoms with Crippen molar-refractivity contribution in [2.75, 3.05) is 13.7 Å². The summed E-state index contributed by atoms with van der Waals surface area (Å²) in [6.07, 6.45) is 2.16. The van der Waals surface area contributed by atoms with Crippen molar-refractivity contribution in [2.45, 2.75) is 13.3 Å². The third-order valence-corrected chi connectivity index (χ3v) is 5.73. The van der Waals surface area contributed by atoms with E-state index >= 15 is 0 Å².